The Morgan fingerprint density at radius 2 is 1.84 bits per heavy atom. The summed E-state index contributed by atoms with van der Waals surface area (Å²) in [7, 11) is 0. The normalized spacial score (nSPS) is 12.2. The number of anilines is 1. The lowest BCUT2D eigenvalue weighted by Gasteiger charge is -2.20. The molecule has 0 amide bonds. The minimum absolute atomic E-state index is 0.251. The van der Waals surface area contributed by atoms with Crippen LogP contribution in [0, 0.1) is 13.8 Å². The topological polar surface area (TPSA) is 24.9 Å². The van der Waals surface area contributed by atoms with Gasteiger partial charge in [-0.3, -0.25) is 0 Å². The lowest BCUT2D eigenvalue weighted by atomic mass is 10.0. The Bertz CT molecular complexity index is 529. The summed E-state index contributed by atoms with van der Waals surface area (Å²) in [6.07, 6.45) is 2.73. The molecule has 1 aromatic carbocycles. The number of rotatable bonds is 4. The second kappa shape index (κ2) is 6.07. The first-order valence-corrected chi connectivity index (χ1v) is 6.93. The molecule has 19 heavy (non-hydrogen) atoms. The first-order valence-electron chi connectivity index (χ1n) is 6.56. The molecule has 0 fully saturated rings. The summed E-state index contributed by atoms with van der Waals surface area (Å²) >= 11 is 6.17. The molecular formula is C16H19ClN2. The average Bonchev–Trinajstić information content (AvgIpc) is 2.40. The molecule has 2 nitrogen and oxygen atoms in total. The summed E-state index contributed by atoms with van der Waals surface area (Å²) in [5, 5.41) is 4.04. The van der Waals surface area contributed by atoms with Gasteiger partial charge in [-0.05, 0) is 37.5 Å². The van der Waals surface area contributed by atoms with E-state index in [9.17, 15) is 0 Å². The van der Waals surface area contributed by atoms with E-state index < -0.39 is 0 Å². The van der Waals surface area contributed by atoms with Gasteiger partial charge < -0.3 is 5.32 Å². The third-order valence-electron chi connectivity index (χ3n) is 3.32. The van der Waals surface area contributed by atoms with E-state index in [4.69, 9.17) is 11.6 Å². The fourth-order valence-electron chi connectivity index (χ4n) is 2.09. The van der Waals surface area contributed by atoms with E-state index in [0.717, 1.165) is 17.7 Å². The number of aryl methyl sites for hydroxylation is 2. The van der Waals surface area contributed by atoms with Crippen molar-refractivity contribution in [3.8, 4) is 0 Å². The van der Waals surface area contributed by atoms with Crippen LogP contribution in [0.2, 0.25) is 5.15 Å². The Labute approximate surface area is 119 Å². The maximum absolute atomic E-state index is 6.17. The molecule has 1 heterocycles. The van der Waals surface area contributed by atoms with Crippen molar-refractivity contribution >= 4 is 17.3 Å². The Hall–Kier alpha value is -1.54. The highest BCUT2D eigenvalue weighted by Crippen LogP contribution is 2.29. The van der Waals surface area contributed by atoms with E-state index in [-0.39, 0.29) is 6.04 Å². The van der Waals surface area contributed by atoms with E-state index in [1.165, 1.54) is 11.1 Å². The van der Waals surface area contributed by atoms with Gasteiger partial charge in [-0.25, -0.2) is 4.98 Å². The molecule has 1 N–H and O–H groups in total. The van der Waals surface area contributed by atoms with Gasteiger partial charge in [0.25, 0.3) is 0 Å². The maximum Gasteiger partial charge on any atom is 0.152 e. The standard InChI is InChI=1S/C16H19ClN2/c1-4-14(13-7-5-11(2)6-8-13)19-15-12(3)9-10-18-16(15)17/h5-10,14,19H,4H2,1-3H3. The third kappa shape index (κ3) is 3.27. The quantitative estimate of drug-likeness (QED) is 0.801. The second-order valence-corrected chi connectivity index (χ2v) is 5.17. The highest BCUT2D eigenvalue weighted by atomic mass is 35.5. The minimum atomic E-state index is 0.251. The van der Waals surface area contributed by atoms with Crippen LogP contribution in [0.25, 0.3) is 0 Å². The smallest absolute Gasteiger partial charge is 0.152 e. The van der Waals surface area contributed by atoms with Crippen LogP contribution in [0.4, 0.5) is 5.69 Å². The van der Waals surface area contributed by atoms with Crippen LogP contribution < -0.4 is 5.32 Å². The van der Waals surface area contributed by atoms with E-state index >= 15 is 0 Å². The Kier molecular flexibility index (Phi) is 4.43. The van der Waals surface area contributed by atoms with Crippen LogP contribution in [0.15, 0.2) is 36.5 Å². The molecule has 0 bridgehead atoms. The van der Waals surface area contributed by atoms with Gasteiger partial charge in [-0.1, -0.05) is 48.4 Å². The van der Waals surface area contributed by atoms with Gasteiger partial charge in [0.1, 0.15) is 0 Å². The van der Waals surface area contributed by atoms with Gasteiger partial charge in [-0.15, -0.1) is 0 Å². The zero-order valence-corrected chi connectivity index (χ0v) is 12.3. The molecule has 0 aliphatic carbocycles. The van der Waals surface area contributed by atoms with Crippen molar-refractivity contribution in [3.05, 3.63) is 58.4 Å². The molecule has 2 rings (SSSR count). The lowest BCUT2D eigenvalue weighted by molar-refractivity contribution is 0.747. The zero-order chi connectivity index (χ0) is 13.8. The molecular weight excluding hydrogens is 256 g/mol. The van der Waals surface area contributed by atoms with Crippen molar-refractivity contribution < 1.29 is 0 Å². The summed E-state index contributed by atoms with van der Waals surface area (Å²) in [5.74, 6) is 0. The molecule has 0 saturated heterocycles. The van der Waals surface area contributed by atoms with E-state index in [1.807, 2.05) is 13.0 Å². The molecule has 3 heteroatoms. The molecule has 0 aliphatic heterocycles. The van der Waals surface area contributed by atoms with Crippen molar-refractivity contribution in [3.63, 3.8) is 0 Å². The molecule has 0 saturated carbocycles. The van der Waals surface area contributed by atoms with Crippen LogP contribution >= 0.6 is 11.6 Å². The number of halogens is 1. The molecule has 0 radical (unpaired) electrons. The SMILES string of the molecule is CCC(Nc1c(C)ccnc1Cl)c1ccc(C)cc1. The lowest BCUT2D eigenvalue weighted by Crippen LogP contribution is -2.11. The van der Waals surface area contributed by atoms with Crippen molar-refractivity contribution in [2.45, 2.75) is 33.2 Å². The average molecular weight is 275 g/mol. The largest absolute Gasteiger partial charge is 0.376 e. The van der Waals surface area contributed by atoms with Crippen LogP contribution in [-0.4, -0.2) is 4.98 Å². The summed E-state index contributed by atoms with van der Waals surface area (Å²) in [6, 6.07) is 10.8. The van der Waals surface area contributed by atoms with Gasteiger partial charge in [0.15, 0.2) is 5.15 Å². The summed E-state index contributed by atoms with van der Waals surface area (Å²) < 4.78 is 0. The number of aromatic nitrogens is 1. The molecule has 1 atom stereocenters. The van der Waals surface area contributed by atoms with E-state index in [0.29, 0.717) is 5.15 Å². The maximum atomic E-state index is 6.17. The Morgan fingerprint density at radius 1 is 1.16 bits per heavy atom. The number of benzene rings is 1. The van der Waals surface area contributed by atoms with Crippen molar-refractivity contribution in [1.82, 2.24) is 4.98 Å². The Balaban J connectivity index is 2.26. The molecule has 0 aliphatic rings. The molecule has 0 spiro atoms. The van der Waals surface area contributed by atoms with Gasteiger partial charge in [0.2, 0.25) is 0 Å². The van der Waals surface area contributed by atoms with Gasteiger partial charge >= 0.3 is 0 Å². The summed E-state index contributed by atoms with van der Waals surface area (Å²) in [6.45, 7) is 6.30. The highest BCUT2D eigenvalue weighted by Gasteiger charge is 2.12. The monoisotopic (exact) mass is 274 g/mol. The molecule has 1 unspecified atom stereocenters. The number of nitrogens with one attached hydrogen (secondary N) is 1. The van der Waals surface area contributed by atoms with Crippen molar-refractivity contribution in [1.29, 1.82) is 0 Å². The molecule has 2 aromatic rings. The fraction of sp³-hybridized carbons (Fsp3) is 0.312. The molecule has 1 aromatic heterocycles. The van der Waals surface area contributed by atoms with Crippen LogP contribution in [0.5, 0.6) is 0 Å². The van der Waals surface area contributed by atoms with E-state index in [1.54, 1.807) is 6.20 Å². The fourth-order valence-corrected chi connectivity index (χ4v) is 2.35. The summed E-state index contributed by atoms with van der Waals surface area (Å²) in [4.78, 5) is 4.14. The third-order valence-corrected chi connectivity index (χ3v) is 3.61. The van der Waals surface area contributed by atoms with Crippen LogP contribution in [-0.2, 0) is 0 Å². The zero-order valence-electron chi connectivity index (χ0n) is 11.6. The highest BCUT2D eigenvalue weighted by molar-refractivity contribution is 6.32. The minimum Gasteiger partial charge on any atom is -0.376 e. The Morgan fingerprint density at radius 3 is 2.42 bits per heavy atom. The van der Waals surface area contributed by atoms with E-state index in [2.05, 4.69) is 48.4 Å². The predicted molar refractivity (Wildman–Crippen MR) is 81.8 cm³/mol. The first kappa shape index (κ1) is 13.9. The van der Waals surface area contributed by atoms with Crippen LogP contribution in [0.1, 0.15) is 36.1 Å². The van der Waals surface area contributed by atoms with Gasteiger partial charge in [0, 0.05) is 6.20 Å². The number of pyridine rings is 1. The number of hydrogen-bond donors (Lipinski definition) is 1. The first-order chi connectivity index (χ1) is 9.11. The van der Waals surface area contributed by atoms with Gasteiger partial charge in [0.05, 0.1) is 11.7 Å². The van der Waals surface area contributed by atoms with Crippen molar-refractivity contribution in [2.75, 3.05) is 5.32 Å². The number of nitrogens with zero attached hydrogens (tertiary/aromatic N) is 1. The van der Waals surface area contributed by atoms with Gasteiger partial charge in [-0.2, -0.15) is 0 Å². The molecule has 100 valence electrons. The van der Waals surface area contributed by atoms with Crippen molar-refractivity contribution in [2.24, 2.45) is 0 Å². The predicted octanol–water partition coefficient (Wildman–Crippen LogP) is 4.92. The van der Waals surface area contributed by atoms with Crippen LogP contribution in [0.3, 0.4) is 0 Å². The summed E-state index contributed by atoms with van der Waals surface area (Å²) in [5.41, 5.74) is 4.59. The number of hydrogen-bond acceptors (Lipinski definition) is 2. The second-order valence-electron chi connectivity index (χ2n) is 4.81.